The van der Waals surface area contributed by atoms with Gasteiger partial charge in [-0.05, 0) is 48.9 Å². The fraction of sp³-hybridized carbons (Fsp3) is 0.320. The van der Waals surface area contributed by atoms with E-state index in [2.05, 4.69) is 9.97 Å². The van der Waals surface area contributed by atoms with Crippen LogP contribution in [0.2, 0.25) is 0 Å². The molecule has 10 heteroatoms. The predicted molar refractivity (Wildman–Crippen MR) is 133 cm³/mol. The molecule has 2 aromatic carbocycles. The molecule has 0 amide bonds. The summed E-state index contributed by atoms with van der Waals surface area (Å²) in [7, 11) is 0. The highest BCUT2D eigenvalue weighted by atomic mass is 32.2. The highest BCUT2D eigenvalue weighted by Gasteiger charge is 2.17. The van der Waals surface area contributed by atoms with Gasteiger partial charge in [-0.1, -0.05) is 49.4 Å². The molecular formula is C25H27N4O5S-. The van der Waals surface area contributed by atoms with Gasteiger partial charge in [-0.3, -0.25) is 13.9 Å². The predicted octanol–water partition coefficient (Wildman–Crippen LogP) is 3.08. The zero-order valence-electron chi connectivity index (χ0n) is 19.4. The van der Waals surface area contributed by atoms with Gasteiger partial charge in [0.15, 0.2) is 5.65 Å². The quantitative estimate of drug-likeness (QED) is 0.252. The lowest BCUT2D eigenvalue weighted by Crippen LogP contribution is -2.40. The lowest BCUT2D eigenvalue weighted by molar-refractivity contribution is 0.440. The fourth-order valence-corrected chi connectivity index (χ4v) is 4.40. The van der Waals surface area contributed by atoms with Gasteiger partial charge in [0.2, 0.25) is 0 Å². The van der Waals surface area contributed by atoms with Crippen molar-refractivity contribution in [3.8, 4) is 5.75 Å². The normalized spacial score (nSPS) is 12.2. The van der Waals surface area contributed by atoms with Crippen LogP contribution in [0.15, 0.2) is 64.2 Å². The van der Waals surface area contributed by atoms with E-state index in [-0.39, 0.29) is 17.0 Å². The molecule has 1 atom stereocenters. The van der Waals surface area contributed by atoms with Crippen molar-refractivity contribution in [2.24, 2.45) is 0 Å². The van der Waals surface area contributed by atoms with Crippen LogP contribution in [0.25, 0.3) is 11.2 Å². The van der Waals surface area contributed by atoms with Gasteiger partial charge in [-0.25, -0.2) is 14.0 Å². The molecule has 0 radical (unpaired) electrons. The van der Waals surface area contributed by atoms with Crippen LogP contribution in [-0.2, 0) is 37.3 Å². The smallest absolute Gasteiger partial charge is 0.332 e. The number of unbranched alkanes of at least 4 members (excludes halogenated alkanes) is 1. The molecule has 4 aromatic rings. The van der Waals surface area contributed by atoms with Crippen LogP contribution in [-0.4, -0.2) is 27.9 Å². The summed E-state index contributed by atoms with van der Waals surface area (Å²) in [6, 6.07) is 16.7. The van der Waals surface area contributed by atoms with E-state index in [0.29, 0.717) is 55.8 Å². The molecule has 4 rings (SSSR count). The molecule has 0 saturated carbocycles. The van der Waals surface area contributed by atoms with Gasteiger partial charge >= 0.3 is 5.69 Å². The lowest BCUT2D eigenvalue weighted by Gasteiger charge is -2.11. The zero-order valence-corrected chi connectivity index (χ0v) is 20.3. The molecule has 0 saturated heterocycles. The average Bonchev–Trinajstić information content (AvgIpc) is 3.25. The minimum Gasteiger partial charge on any atom is -0.740 e. The van der Waals surface area contributed by atoms with Crippen molar-refractivity contribution in [3.05, 3.63) is 92.4 Å². The molecule has 0 bridgehead atoms. The van der Waals surface area contributed by atoms with Gasteiger partial charge in [-0.2, -0.15) is 0 Å². The van der Waals surface area contributed by atoms with Crippen molar-refractivity contribution in [3.63, 3.8) is 0 Å². The first-order valence-electron chi connectivity index (χ1n) is 11.6. The Hall–Kier alpha value is -3.50. The Balaban J connectivity index is 1.55. The van der Waals surface area contributed by atoms with Gasteiger partial charge in [-0.15, -0.1) is 0 Å². The largest absolute Gasteiger partial charge is 0.740 e. The van der Waals surface area contributed by atoms with Crippen LogP contribution >= 0.6 is 0 Å². The fourth-order valence-electron chi connectivity index (χ4n) is 4.14. The Morgan fingerprint density at radius 1 is 1.00 bits per heavy atom. The summed E-state index contributed by atoms with van der Waals surface area (Å²) in [6.45, 7) is 2.68. The van der Waals surface area contributed by atoms with E-state index in [9.17, 15) is 18.4 Å². The standard InChI is InChI=1S/C25H28N4O5S/c1-2-14-29-24(30)22-23(27-21(26-22)17-19-9-4-3-5-10-19)28(25(29)31)15-7-6-11-18-12-8-13-20(16-18)34-35(32)33/h3-5,8-10,12-13,16H,2,6-7,11,14-15,17H2,1H3,(H,26,27)(H,32,33)/p-1. The maximum Gasteiger partial charge on any atom is 0.332 e. The maximum atomic E-state index is 13.2. The number of rotatable bonds is 11. The van der Waals surface area contributed by atoms with Gasteiger partial charge in [0.05, 0.1) is 0 Å². The number of fused-ring (bicyclic) bond motifs is 1. The van der Waals surface area contributed by atoms with Crippen molar-refractivity contribution in [2.75, 3.05) is 0 Å². The summed E-state index contributed by atoms with van der Waals surface area (Å²) >= 11 is -2.62. The van der Waals surface area contributed by atoms with E-state index >= 15 is 0 Å². The van der Waals surface area contributed by atoms with E-state index in [4.69, 9.17) is 4.18 Å². The van der Waals surface area contributed by atoms with E-state index in [1.165, 1.54) is 4.57 Å². The first-order valence-corrected chi connectivity index (χ1v) is 12.6. The molecule has 9 nitrogen and oxygen atoms in total. The zero-order chi connectivity index (χ0) is 24.8. The Morgan fingerprint density at radius 3 is 2.51 bits per heavy atom. The third kappa shape index (κ3) is 5.95. The van der Waals surface area contributed by atoms with Crippen molar-refractivity contribution in [1.82, 2.24) is 19.1 Å². The van der Waals surface area contributed by atoms with Crippen molar-refractivity contribution in [2.45, 2.75) is 52.1 Å². The molecule has 0 fully saturated rings. The number of imidazole rings is 1. The van der Waals surface area contributed by atoms with E-state index in [0.717, 1.165) is 17.5 Å². The number of hydrogen-bond acceptors (Lipinski definition) is 6. The summed E-state index contributed by atoms with van der Waals surface area (Å²) in [5.41, 5.74) is 2.02. The van der Waals surface area contributed by atoms with E-state index in [1.54, 1.807) is 22.8 Å². The van der Waals surface area contributed by atoms with Crippen LogP contribution < -0.4 is 15.4 Å². The molecule has 0 aliphatic heterocycles. The Kier molecular flexibility index (Phi) is 7.94. The Morgan fingerprint density at radius 2 is 1.77 bits per heavy atom. The molecule has 35 heavy (non-hydrogen) atoms. The molecular weight excluding hydrogens is 468 g/mol. The number of hydrogen-bond donors (Lipinski definition) is 1. The highest BCUT2D eigenvalue weighted by Crippen LogP contribution is 2.17. The highest BCUT2D eigenvalue weighted by molar-refractivity contribution is 7.74. The summed E-state index contributed by atoms with van der Waals surface area (Å²) < 4.78 is 29.1. The van der Waals surface area contributed by atoms with E-state index in [1.807, 2.05) is 43.3 Å². The third-order valence-corrected chi connectivity index (χ3v) is 6.06. The van der Waals surface area contributed by atoms with Crippen LogP contribution in [0.4, 0.5) is 0 Å². The Bertz CT molecular complexity index is 1440. The molecule has 184 valence electrons. The van der Waals surface area contributed by atoms with Crippen LogP contribution in [0.5, 0.6) is 5.75 Å². The van der Waals surface area contributed by atoms with Crippen LogP contribution in [0.1, 0.15) is 43.1 Å². The second-order valence-electron chi connectivity index (χ2n) is 8.33. The van der Waals surface area contributed by atoms with Gasteiger partial charge in [0.1, 0.15) is 28.5 Å². The first-order chi connectivity index (χ1) is 17.0. The average molecular weight is 496 g/mol. The van der Waals surface area contributed by atoms with Gasteiger partial charge < -0.3 is 13.7 Å². The summed E-state index contributed by atoms with van der Waals surface area (Å²) in [5.74, 6) is 0.904. The molecule has 0 spiro atoms. The summed E-state index contributed by atoms with van der Waals surface area (Å²) in [4.78, 5) is 33.9. The van der Waals surface area contributed by atoms with E-state index < -0.39 is 11.4 Å². The maximum absolute atomic E-state index is 13.2. The monoisotopic (exact) mass is 495 g/mol. The molecule has 1 unspecified atom stereocenters. The second kappa shape index (κ2) is 11.3. The minimum absolute atomic E-state index is 0.267. The number of nitrogens with zero attached hydrogens (tertiary/aromatic N) is 3. The summed E-state index contributed by atoms with van der Waals surface area (Å²) in [5, 5.41) is 0. The number of aromatic nitrogens is 4. The molecule has 1 N–H and O–H groups in total. The number of nitrogens with one attached hydrogen (secondary N) is 1. The number of aromatic amines is 1. The van der Waals surface area contributed by atoms with Crippen molar-refractivity contribution in [1.29, 1.82) is 0 Å². The Labute approximate surface area is 204 Å². The topological polar surface area (TPSA) is 122 Å². The first kappa shape index (κ1) is 24.6. The molecule has 0 aliphatic rings. The summed E-state index contributed by atoms with van der Waals surface area (Å²) in [6.07, 6.45) is 3.32. The van der Waals surface area contributed by atoms with Crippen LogP contribution in [0, 0.1) is 0 Å². The second-order valence-corrected chi connectivity index (χ2v) is 8.90. The molecule has 0 aliphatic carbocycles. The van der Waals surface area contributed by atoms with Crippen molar-refractivity contribution >= 4 is 22.5 Å². The van der Waals surface area contributed by atoms with Gasteiger partial charge in [0.25, 0.3) is 5.56 Å². The lowest BCUT2D eigenvalue weighted by atomic mass is 10.1. The van der Waals surface area contributed by atoms with Gasteiger partial charge in [0, 0.05) is 19.5 Å². The van der Waals surface area contributed by atoms with Crippen molar-refractivity contribution < 1.29 is 12.9 Å². The molecule has 2 heterocycles. The minimum atomic E-state index is -2.62. The number of aryl methyl sites for hydroxylation is 2. The number of benzene rings is 2. The SMILES string of the molecule is CCCn1c(=O)c2[nH]c(Cc3ccccc3)nc2n(CCCCc2cccc(OS(=O)[O-])c2)c1=O. The third-order valence-electron chi connectivity index (χ3n) is 5.73. The van der Waals surface area contributed by atoms with Crippen LogP contribution in [0.3, 0.4) is 0 Å². The number of H-pyrrole nitrogens is 1. The molecule has 2 aromatic heterocycles.